The van der Waals surface area contributed by atoms with E-state index in [1.807, 2.05) is 0 Å². The fourth-order valence-corrected chi connectivity index (χ4v) is 5.67. The van der Waals surface area contributed by atoms with Crippen LogP contribution in [0.25, 0.3) is 0 Å². The van der Waals surface area contributed by atoms with E-state index in [-0.39, 0.29) is 4.90 Å². The first kappa shape index (κ1) is 21.3. The summed E-state index contributed by atoms with van der Waals surface area (Å²) in [4.78, 5) is 4.86. The number of aromatic nitrogens is 2. The quantitative estimate of drug-likeness (QED) is 0.660. The van der Waals surface area contributed by atoms with E-state index < -0.39 is 10.0 Å². The van der Waals surface area contributed by atoms with E-state index in [1.54, 1.807) is 28.6 Å². The summed E-state index contributed by atoms with van der Waals surface area (Å²) in [6, 6.07) is 6.65. The summed E-state index contributed by atoms with van der Waals surface area (Å²) in [5.41, 5.74) is 0. The van der Waals surface area contributed by atoms with Gasteiger partial charge in [0.25, 0.3) is 0 Å². The highest BCUT2D eigenvalue weighted by molar-refractivity contribution is 7.89. The normalized spacial score (nSPS) is 19.8. The van der Waals surface area contributed by atoms with E-state index >= 15 is 0 Å². The first-order chi connectivity index (χ1) is 14.6. The minimum absolute atomic E-state index is 0.285. The molecule has 0 N–H and O–H groups in total. The zero-order valence-electron chi connectivity index (χ0n) is 17.3. The number of methoxy groups -OCH3 is 1. The van der Waals surface area contributed by atoms with Gasteiger partial charge in [-0.15, -0.1) is 0 Å². The SMILES string of the molecule is COc1cccc(S(=O)(=O)N2CCC(CCc3noc(C4CCOCC4)n3)CC2)c1. The molecule has 164 valence electrons. The molecule has 0 atom stereocenters. The highest BCUT2D eigenvalue weighted by Gasteiger charge is 2.30. The highest BCUT2D eigenvalue weighted by Crippen LogP contribution is 2.29. The molecule has 30 heavy (non-hydrogen) atoms. The molecule has 1 aromatic carbocycles. The molecule has 0 unspecified atom stereocenters. The fourth-order valence-electron chi connectivity index (χ4n) is 4.16. The van der Waals surface area contributed by atoms with Gasteiger partial charge in [-0.2, -0.15) is 9.29 Å². The van der Waals surface area contributed by atoms with Gasteiger partial charge < -0.3 is 14.0 Å². The van der Waals surface area contributed by atoms with Gasteiger partial charge in [0.15, 0.2) is 5.82 Å². The monoisotopic (exact) mass is 435 g/mol. The maximum atomic E-state index is 12.9. The third-order valence-electron chi connectivity index (χ3n) is 6.08. The summed E-state index contributed by atoms with van der Waals surface area (Å²) in [6.45, 7) is 2.56. The third-order valence-corrected chi connectivity index (χ3v) is 7.98. The van der Waals surface area contributed by atoms with Crippen molar-refractivity contribution in [2.75, 3.05) is 33.4 Å². The zero-order chi connectivity index (χ0) is 21.0. The van der Waals surface area contributed by atoms with Crippen molar-refractivity contribution in [2.24, 2.45) is 5.92 Å². The van der Waals surface area contributed by atoms with E-state index in [1.165, 1.54) is 7.11 Å². The van der Waals surface area contributed by atoms with Gasteiger partial charge in [-0.25, -0.2) is 8.42 Å². The molecule has 2 aliphatic rings. The van der Waals surface area contributed by atoms with Crippen LogP contribution in [-0.4, -0.2) is 56.3 Å². The fraction of sp³-hybridized carbons (Fsp3) is 0.619. The van der Waals surface area contributed by atoms with E-state index in [0.717, 1.165) is 63.5 Å². The van der Waals surface area contributed by atoms with Crippen molar-refractivity contribution in [2.45, 2.75) is 49.3 Å². The Hall–Kier alpha value is -1.97. The summed E-state index contributed by atoms with van der Waals surface area (Å²) >= 11 is 0. The minimum atomic E-state index is -3.49. The molecule has 0 amide bonds. The standard InChI is InChI=1S/C21H29N3O5S/c1-27-18-3-2-4-19(15-18)30(25,26)24-11-7-16(8-12-24)5-6-20-22-21(29-23-20)17-9-13-28-14-10-17/h2-4,15-17H,5-14H2,1H3. The topological polar surface area (TPSA) is 94.8 Å². The lowest BCUT2D eigenvalue weighted by molar-refractivity contribution is 0.0778. The van der Waals surface area contributed by atoms with Crippen molar-refractivity contribution in [3.8, 4) is 5.75 Å². The van der Waals surface area contributed by atoms with Crippen molar-refractivity contribution >= 4 is 10.0 Å². The molecule has 2 saturated heterocycles. The molecular weight excluding hydrogens is 406 g/mol. The lowest BCUT2D eigenvalue weighted by atomic mass is 9.93. The maximum Gasteiger partial charge on any atom is 0.243 e. The van der Waals surface area contributed by atoms with E-state index in [0.29, 0.717) is 30.7 Å². The predicted molar refractivity (Wildman–Crippen MR) is 110 cm³/mol. The molecule has 0 bridgehead atoms. The molecule has 1 aromatic heterocycles. The van der Waals surface area contributed by atoms with Crippen LogP contribution in [0.4, 0.5) is 0 Å². The Labute approximate surface area is 177 Å². The van der Waals surface area contributed by atoms with Crippen molar-refractivity contribution in [1.29, 1.82) is 0 Å². The van der Waals surface area contributed by atoms with E-state index in [2.05, 4.69) is 10.1 Å². The molecule has 0 saturated carbocycles. The van der Waals surface area contributed by atoms with Crippen molar-refractivity contribution < 1.29 is 22.4 Å². The second kappa shape index (κ2) is 9.45. The molecule has 0 aliphatic carbocycles. The number of sulfonamides is 1. The van der Waals surface area contributed by atoms with Crippen LogP contribution in [0, 0.1) is 5.92 Å². The second-order valence-electron chi connectivity index (χ2n) is 8.00. The molecule has 3 heterocycles. The molecule has 2 aliphatic heterocycles. The van der Waals surface area contributed by atoms with Gasteiger partial charge in [-0.05, 0) is 50.2 Å². The third kappa shape index (κ3) is 4.84. The number of hydrogen-bond donors (Lipinski definition) is 0. The number of piperidine rings is 1. The van der Waals surface area contributed by atoms with E-state index in [9.17, 15) is 8.42 Å². The predicted octanol–water partition coefficient (Wildman–Crippen LogP) is 3.01. The van der Waals surface area contributed by atoms with Crippen molar-refractivity contribution in [3.05, 3.63) is 36.0 Å². The Kier molecular flexibility index (Phi) is 6.70. The Balaban J connectivity index is 1.28. The van der Waals surface area contributed by atoms with Gasteiger partial charge in [0.1, 0.15) is 5.75 Å². The van der Waals surface area contributed by atoms with Gasteiger partial charge >= 0.3 is 0 Å². The molecule has 8 nitrogen and oxygen atoms in total. The average Bonchev–Trinajstić information content (AvgIpc) is 3.28. The highest BCUT2D eigenvalue weighted by atomic mass is 32.2. The molecule has 4 rings (SSSR count). The van der Waals surface area contributed by atoms with Gasteiger partial charge in [0, 0.05) is 44.7 Å². The number of ether oxygens (including phenoxy) is 2. The summed E-state index contributed by atoms with van der Waals surface area (Å²) < 4.78 is 43.4. The van der Waals surface area contributed by atoms with Crippen LogP contribution in [0.2, 0.25) is 0 Å². The van der Waals surface area contributed by atoms with Crippen LogP contribution < -0.4 is 4.74 Å². The lowest BCUT2D eigenvalue weighted by Gasteiger charge is -2.31. The smallest absolute Gasteiger partial charge is 0.243 e. The van der Waals surface area contributed by atoms with Gasteiger partial charge in [0.2, 0.25) is 15.9 Å². The summed E-state index contributed by atoms with van der Waals surface area (Å²) in [5, 5.41) is 4.14. The number of benzene rings is 1. The van der Waals surface area contributed by atoms with Crippen LogP contribution in [0.3, 0.4) is 0 Å². The number of nitrogens with zero attached hydrogens (tertiary/aromatic N) is 3. The first-order valence-corrected chi connectivity index (χ1v) is 12.0. The molecule has 2 fully saturated rings. The van der Waals surface area contributed by atoms with E-state index in [4.69, 9.17) is 14.0 Å². The number of rotatable bonds is 7. The second-order valence-corrected chi connectivity index (χ2v) is 9.94. The Morgan fingerprint density at radius 1 is 1.17 bits per heavy atom. The van der Waals surface area contributed by atoms with Crippen LogP contribution >= 0.6 is 0 Å². The molecule has 9 heteroatoms. The Morgan fingerprint density at radius 3 is 2.67 bits per heavy atom. The maximum absolute atomic E-state index is 12.9. The van der Waals surface area contributed by atoms with Crippen molar-refractivity contribution in [1.82, 2.24) is 14.4 Å². The first-order valence-electron chi connectivity index (χ1n) is 10.6. The Morgan fingerprint density at radius 2 is 1.93 bits per heavy atom. The van der Waals surface area contributed by atoms with Gasteiger partial charge in [-0.1, -0.05) is 11.2 Å². The van der Waals surface area contributed by atoms with Crippen LogP contribution in [0.15, 0.2) is 33.7 Å². The molecular formula is C21H29N3O5S. The molecule has 0 radical (unpaired) electrons. The van der Waals surface area contributed by atoms with Crippen LogP contribution in [0.1, 0.15) is 49.7 Å². The lowest BCUT2D eigenvalue weighted by Crippen LogP contribution is -2.38. The zero-order valence-corrected chi connectivity index (χ0v) is 18.1. The average molecular weight is 436 g/mol. The van der Waals surface area contributed by atoms with Crippen LogP contribution in [-0.2, 0) is 21.2 Å². The Bertz CT molecular complexity index is 932. The molecule has 0 spiro atoms. The summed E-state index contributed by atoms with van der Waals surface area (Å²) in [7, 11) is -1.96. The minimum Gasteiger partial charge on any atom is -0.497 e. The summed E-state index contributed by atoms with van der Waals surface area (Å²) in [5.74, 6) is 2.80. The summed E-state index contributed by atoms with van der Waals surface area (Å²) in [6.07, 6.45) is 5.26. The van der Waals surface area contributed by atoms with Crippen LogP contribution in [0.5, 0.6) is 5.75 Å². The van der Waals surface area contributed by atoms with Gasteiger partial charge in [-0.3, -0.25) is 0 Å². The van der Waals surface area contributed by atoms with Gasteiger partial charge in [0.05, 0.1) is 12.0 Å². The van der Waals surface area contributed by atoms with Crippen molar-refractivity contribution in [3.63, 3.8) is 0 Å². The number of hydrogen-bond acceptors (Lipinski definition) is 7. The largest absolute Gasteiger partial charge is 0.497 e. The molecule has 2 aromatic rings. The number of aryl methyl sites for hydroxylation is 1.